The molecule has 9 heteroatoms. The Hall–Kier alpha value is -3.00. The molecule has 166 valence electrons. The molecule has 1 amide bonds. The topological polar surface area (TPSA) is 101 Å². The van der Waals surface area contributed by atoms with Crippen LogP contribution in [0.25, 0.3) is 0 Å². The lowest BCUT2D eigenvalue weighted by molar-refractivity contribution is -0.385. The molecule has 0 heterocycles. The third-order valence-corrected chi connectivity index (χ3v) is 5.30. The van der Waals surface area contributed by atoms with Gasteiger partial charge in [-0.3, -0.25) is 19.8 Å². The quantitative estimate of drug-likeness (QED) is 0.323. The Kier molecular flexibility index (Phi) is 7.06. The molecule has 1 N–H and O–H groups in total. The summed E-state index contributed by atoms with van der Waals surface area (Å²) in [6.07, 6.45) is -0.945. The molecule has 0 radical (unpaired) electrons. The first-order valence-electron chi connectivity index (χ1n) is 9.61. The molecule has 0 bridgehead atoms. The van der Waals surface area contributed by atoms with E-state index in [2.05, 4.69) is 0 Å². The molecule has 0 saturated carbocycles. The normalized spacial score (nSPS) is 12.4. The number of benzene rings is 2. The van der Waals surface area contributed by atoms with Gasteiger partial charge in [-0.15, -0.1) is 0 Å². The van der Waals surface area contributed by atoms with Gasteiger partial charge in [-0.25, -0.2) is 9.18 Å². The third kappa shape index (κ3) is 4.85. The van der Waals surface area contributed by atoms with E-state index in [-0.39, 0.29) is 33.8 Å². The number of hydrogen-bond donors (Lipinski definition) is 1. The first-order chi connectivity index (χ1) is 14.3. The zero-order valence-electron chi connectivity index (χ0n) is 17.9. The van der Waals surface area contributed by atoms with Gasteiger partial charge in [0, 0.05) is 28.3 Å². The standard InChI is InChI=1S/C22H24ClFN2O5/c1-6-16(25(21(28)29)22(3,4)5)14-8-9-15(23)18(19(14)24)20(27)13-7-10-17(26(30)31)12(2)11-13/h7-11,16H,6H2,1-5H3,(H,28,29)/t16-/m1/s1. The van der Waals surface area contributed by atoms with E-state index >= 15 is 4.39 Å². The second kappa shape index (κ2) is 9.01. The van der Waals surface area contributed by atoms with Crippen molar-refractivity contribution in [2.24, 2.45) is 0 Å². The number of ketones is 1. The summed E-state index contributed by atoms with van der Waals surface area (Å²) in [6, 6.07) is 5.62. The Morgan fingerprint density at radius 1 is 1.26 bits per heavy atom. The number of amides is 1. The van der Waals surface area contributed by atoms with Gasteiger partial charge < -0.3 is 5.11 Å². The maximum Gasteiger partial charge on any atom is 0.408 e. The number of nitro benzene ring substituents is 1. The van der Waals surface area contributed by atoms with E-state index in [1.807, 2.05) is 0 Å². The fourth-order valence-corrected chi connectivity index (χ4v) is 3.84. The van der Waals surface area contributed by atoms with Crippen molar-refractivity contribution in [3.63, 3.8) is 0 Å². The molecule has 0 fully saturated rings. The SMILES string of the molecule is CC[C@H](c1ccc(Cl)c(C(=O)c2ccc([N+](=O)[O-])c(C)c2)c1F)N(C(=O)O)C(C)(C)C. The maximum atomic E-state index is 15.6. The van der Waals surface area contributed by atoms with Crippen LogP contribution in [0.4, 0.5) is 14.9 Å². The molecule has 0 saturated heterocycles. The molecule has 7 nitrogen and oxygen atoms in total. The number of carbonyl (C=O) groups is 2. The summed E-state index contributed by atoms with van der Waals surface area (Å²) in [5.41, 5.74) is -1.06. The van der Waals surface area contributed by atoms with E-state index in [1.54, 1.807) is 27.7 Å². The van der Waals surface area contributed by atoms with Crippen molar-refractivity contribution in [2.45, 2.75) is 52.6 Å². The van der Waals surface area contributed by atoms with Crippen LogP contribution in [0, 0.1) is 22.9 Å². The summed E-state index contributed by atoms with van der Waals surface area (Å²) in [5, 5.41) is 20.6. The van der Waals surface area contributed by atoms with E-state index in [4.69, 9.17) is 11.6 Å². The van der Waals surface area contributed by atoms with Crippen molar-refractivity contribution in [3.8, 4) is 0 Å². The lowest BCUT2D eigenvalue weighted by Crippen LogP contribution is -2.47. The van der Waals surface area contributed by atoms with E-state index in [9.17, 15) is 24.8 Å². The van der Waals surface area contributed by atoms with Crippen molar-refractivity contribution < 1.29 is 24.0 Å². The van der Waals surface area contributed by atoms with Gasteiger partial charge in [0.1, 0.15) is 5.82 Å². The highest BCUT2D eigenvalue weighted by Gasteiger charge is 2.36. The minimum Gasteiger partial charge on any atom is -0.465 e. The summed E-state index contributed by atoms with van der Waals surface area (Å²) in [4.78, 5) is 36.6. The number of carbonyl (C=O) groups excluding carboxylic acids is 1. The first kappa shape index (κ1) is 24.3. The lowest BCUT2D eigenvalue weighted by Gasteiger charge is -2.39. The molecule has 0 aliphatic rings. The van der Waals surface area contributed by atoms with Gasteiger partial charge in [0.2, 0.25) is 0 Å². The average molecular weight is 451 g/mol. The van der Waals surface area contributed by atoms with Gasteiger partial charge in [-0.1, -0.05) is 24.6 Å². The number of halogens is 2. The smallest absolute Gasteiger partial charge is 0.408 e. The fraction of sp³-hybridized carbons (Fsp3) is 0.364. The molecular weight excluding hydrogens is 427 g/mol. The predicted molar refractivity (Wildman–Crippen MR) is 115 cm³/mol. The Labute approximate surface area is 184 Å². The molecule has 0 aliphatic carbocycles. The van der Waals surface area contributed by atoms with Gasteiger partial charge in [-0.05, 0) is 52.3 Å². The Bertz CT molecular complexity index is 1050. The Balaban J connectivity index is 2.63. The maximum absolute atomic E-state index is 15.6. The largest absolute Gasteiger partial charge is 0.465 e. The molecule has 2 rings (SSSR count). The second-order valence-electron chi connectivity index (χ2n) is 8.16. The predicted octanol–water partition coefficient (Wildman–Crippen LogP) is 6.16. The molecule has 31 heavy (non-hydrogen) atoms. The average Bonchev–Trinajstić information content (AvgIpc) is 2.64. The van der Waals surface area contributed by atoms with Gasteiger partial charge >= 0.3 is 6.09 Å². The summed E-state index contributed by atoms with van der Waals surface area (Å²) >= 11 is 6.15. The highest BCUT2D eigenvalue weighted by Crippen LogP contribution is 2.36. The number of nitro groups is 1. The van der Waals surface area contributed by atoms with E-state index in [0.29, 0.717) is 0 Å². The molecule has 0 spiro atoms. The van der Waals surface area contributed by atoms with Crippen LogP contribution in [-0.2, 0) is 0 Å². The summed E-state index contributed by atoms with van der Waals surface area (Å²) in [6.45, 7) is 8.29. The van der Waals surface area contributed by atoms with Crippen molar-refractivity contribution in [2.75, 3.05) is 0 Å². The minimum atomic E-state index is -1.22. The van der Waals surface area contributed by atoms with Crippen molar-refractivity contribution in [1.29, 1.82) is 0 Å². The van der Waals surface area contributed by atoms with Crippen LogP contribution in [0.15, 0.2) is 30.3 Å². The Morgan fingerprint density at radius 2 is 1.87 bits per heavy atom. The van der Waals surface area contributed by atoms with Crippen molar-refractivity contribution >= 4 is 29.2 Å². The second-order valence-corrected chi connectivity index (χ2v) is 8.57. The van der Waals surface area contributed by atoms with Crippen LogP contribution < -0.4 is 0 Å². The number of hydrogen-bond acceptors (Lipinski definition) is 4. The van der Waals surface area contributed by atoms with Crippen LogP contribution in [0.5, 0.6) is 0 Å². The highest BCUT2D eigenvalue weighted by atomic mass is 35.5. The minimum absolute atomic E-state index is 0.0335. The van der Waals surface area contributed by atoms with Crippen LogP contribution in [-0.4, -0.2) is 32.3 Å². The van der Waals surface area contributed by atoms with Gasteiger partial charge in [-0.2, -0.15) is 0 Å². The van der Waals surface area contributed by atoms with Crippen LogP contribution in [0.1, 0.15) is 67.2 Å². The van der Waals surface area contributed by atoms with Crippen LogP contribution in [0.3, 0.4) is 0 Å². The molecule has 1 atom stereocenters. The Morgan fingerprint density at radius 3 is 2.32 bits per heavy atom. The molecule has 2 aromatic carbocycles. The third-order valence-electron chi connectivity index (χ3n) is 4.99. The van der Waals surface area contributed by atoms with Crippen molar-refractivity contribution in [1.82, 2.24) is 4.90 Å². The summed E-state index contributed by atoms with van der Waals surface area (Å²) < 4.78 is 15.6. The summed E-state index contributed by atoms with van der Waals surface area (Å²) in [5.74, 6) is -1.65. The first-order valence-corrected chi connectivity index (χ1v) is 9.98. The monoisotopic (exact) mass is 450 g/mol. The van der Waals surface area contributed by atoms with Crippen molar-refractivity contribution in [3.05, 3.63) is 73.5 Å². The van der Waals surface area contributed by atoms with Crippen LogP contribution >= 0.6 is 11.6 Å². The number of carboxylic acid groups (broad SMARTS) is 1. The summed E-state index contributed by atoms with van der Waals surface area (Å²) in [7, 11) is 0. The van der Waals surface area contributed by atoms with E-state index < -0.39 is 39.8 Å². The zero-order chi connectivity index (χ0) is 23.7. The van der Waals surface area contributed by atoms with E-state index in [1.165, 1.54) is 37.3 Å². The van der Waals surface area contributed by atoms with Gasteiger partial charge in [0.25, 0.3) is 5.69 Å². The zero-order valence-corrected chi connectivity index (χ0v) is 18.7. The number of aryl methyl sites for hydroxylation is 1. The number of nitrogens with zero attached hydrogens (tertiary/aromatic N) is 2. The molecule has 0 aromatic heterocycles. The molecule has 2 aromatic rings. The molecule has 0 aliphatic heterocycles. The van der Waals surface area contributed by atoms with Gasteiger partial charge in [0.05, 0.1) is 21.6 Å². The van der Waals surface area contributed by atoms with E-state index in [0.717, 1.165) is 4.90 Å². The molecular formula is C22H24ClFN2O5. The van der Waals surface area contributed by atoms with Crippen LogP contribution in [0.2, 0.25) is 5.02 Å². The lowest BCUT2D eigenvalue weighted by atomic mass is 9.92. The fourth-order valence-electron chi connectivity index (χ4n) is 3.61. The number of rotatable bonds is 6. The molecule has 0 unspecified atom stereocenters. The highest BCUT2D eigenvalue weighted by molar-refractivity contribution is 6.35. The van der Waals surface area contributed by atoms with Gasteiger partial charge in [0.15, 0.2) is 5.78 Å².